The summed E-state index contributed by atoms with van der Waals surface area (Å²) >= 11 is 3.44. The minimum Gasteiger partial charge on any atom is -0.351 e. The lowest BCUT2D eigenvalue weighted by Crippen LogP contribution is -2.34. The highest BCUT2D eigenvalue weighted by molar-refractivity contribution is 9.10. The van der Waals surface area contributed by atoms with Gasteiger partial charge in [-0.2, -0.15) is 5.10 Å². The SMILES string of the molecule is Cc1nn(Cc2ccccc2)c(C)c1CNC(=O)CN(C)Cc1ccc(Br)cc1. The molecule has 3 rings (SSSR count). The number of rotatable bonds is 8. The van der Waals surface area contributed by atoms with Crippen LogP contribution in [-0.2, 0) is 24.4 Å². The Morgan fingerprint density at radius 1 is 1.07 bits per heavy atom. The van der Waals surface area contributed by atoms with Crippen molar-refractivity contribution in [3.05, 3.63) is 87.1 Å². The van der Waals surface area contributed by atoms with E-state index >= 15 is 0 Å². The largest absolute Gasteiger partial charge is 0.351 e. The molecule has 0 unspecified atom stereocenters. The van der Waals surface area contributed by atoms with Crippen LogP contribution in [0, 0.1) is 13.8 Å². The molecule has 2 aromatic carbocycles. The van der Waals surface area contributed by atoms with Gasteiger partial charge in [0.2, 0.25) is 5.91 Å². The Bertz CT molecular complexity index is 951. The van der Waals surface area contributed by atoms with Crippen molar-refractivity contribution in [1.29, 1.82) is 0 Å². The molecule has 0 saturated carbocycles. The summed E-state index contributed by atoms with van der Waals surface area (Å²) in [5.74, 6) is 0.0132. The summed E-state index contributed by atoms with van der Waals surface area (Å²) in [4.78, 5) is 14.4. The highest BCUT2D eigenvalue weighted by atomic mass is 79.9. The van der Waals surface area contributed by atoms with E-state index in [4.69, 9.17) is 0 Å². The summed E-state index contributed by atoms with van der Waals surface area (Å²) in [6.07, 6.45) is 0. The zero-order valence-corrected chi connectivity index (χ0v) is 18.7. The lowest BCUT2D eigenvalue weighted by molar-refractivity contribution is -0.122. The first-order valence-electron chi connectivity index (χ1n) is 9.69. The van der Waals surface area contributed by atoms with Gasteiger partial charge >= 0.3 is 0 Å². The van der Waals surface area contributed by atoms with Gasteiger partial charge in [0.1, 0.15) is 0 Å². The number of amides is 1. The first kappa shape index (κ1) is 21.3. The highest BCUT2D eigenvalue weighted by Gasteiger charge is 2.14. The molecule has 152 valence electrons. The second-order valence-electron chi connectivity index (χ2n) is 7.37. The van der Waals surface area contributed by atoms with Crippen molar-refractivity contribution >= 4 is 21.8 Å². The number of aromatic nitrogens is 2. The number of hydrogen-bond donors (Lipinski definition) is 1. The van der Waals surface area contributed by atoms with E-state index in [1.807, 2.05) is 53.9 Å². The normalized spacial score (nSPS) is 11.1. The van der Waals surface area contributed by atoms with Gasteiger partial charge in [-0.15, -0.1) is 0 Å². The third kappa shape index (κ3) is 6.02. The Morgan fingerprint density at radius 3 is 2.45 bits per heavy atom. The molecule has 29 heavy (non-hydrogen) atoms. The summed E-state index contributed by atoms with van der Waals surface area (Å²) in [7, 11) is 1.95. The molecule has 0 aliphatic heterocycles. The Labute approximate surface area is 180 Å². The number of nitrogens with zero attached hydrogens (tertiary/aromatic N) is 3. The summed E-state index contributed by atoms with van der Waals surface area (Å²) < 4.78 is 3.06. The number of aryl methyl sites for hydroxylation is 1. The summed E-state index contributed by atoms with van der Waals surface area (Å²) in [5, 5.41) is 7.70. The van der Waals surface area contributed by atoms with Gasteiger partial charge in [-0.1, -0.05) is 58.4 Å². The van der Waals surface area contributed by atoms with Crippen LogP contribution < -0.4 is 5.32 Å². The van der Waals surface area contributed by atoms with E-state index in [1.54, 1.807) is 0 Å². The van der Waals surface area contributed by atoms with Crippen LogP contribution >= 0.6 is 15.9 Å². The average molecular weight is 455 g/mol. The topological polar surface area (TPSA) is 50.2 Å². The fourth-order valence-corrected chi connectivity index (χ4v) is 3.61. The quantitative estimate of drug-likeness (QED) is 0.558. The molecule has 0 radical (unpaired) electrons. The maximum atomic E-state index is 12.4. The molecule has 0 atom stereocenters. The number of carbonyl (C=O) groups excluding carboxylic acids is 1. The fraction of sp³-hybridized carbons (Fsp3) is 0.304. The molecule has 3 aromatic rings. The molecule has 0 fully saturated rings. The lowest BCUT2D eigenvalue weighted by Gasteiger charge is -2.16. The van der Waals surface area contributed by atoms with Crippen LogP contribution in [0.2, 0.25) is 0 Å². The second-order valence-corrected chi connectivity index (χ2v) is 8.28. The summed E-state index contributed by atoms with van der Waals surface area (Å²) in [5.41, 5.74) is 5.53. The number of hydrogen-bond acceptors (Lipinski definition) is 3. The number of benzene rings is 2. The number of nitrogens with one attached hydrogen (secondary N) is 1. The molecule has 0 spiro atoms. The molecule has 1 N–H and O–H groups in total. The Kier molecular flexibility index (Phi) is 7.23. The van der Waals surface area contributed by atoms with E-state index in [9.17, 15) is 4.79 Å². The molecule has 1 aromatic heterocycles. The van der Waals surface area contributed by atoms with E-state index in [1.165, 1.54) is 11.1 Å². The van der Waals surface area contributed by atoms with Gasteiger partial charge < -0.3 is 5.32 Å². The van der Waals surface area contributed by atoms with Crippen LogP contribution in [0.15, 0.2) is 59.1 Å². The Balaban J connectivity index is 1.53. The van der Waals surface area contributed by atoms with Gasteiger partial charge in [0.15, 0.2) is 0 Å². The number of halogens is 1. The molecule has 1 amide bonds. The van der Waals surface area contributed by atoms with Crippen molar-refractivity contribution in [3.63, 3.8) is 0 Å². The van der Waals surface area contributed by atoms with Crippen molar-refractivity contribution in [2.24, 2.45) is 0 Å². The molecule has 0 saturated heterocycles. The van der Waals surface area contributed by atoms with Crippen LogP contribution in [0.1, 0.15) is 28.1 Å². The first-order valence-corrected chi connectivity index (χ1v) is 10.5. The minimum absolute atomic E-state index is 0.0132. The molecule has 5 nitrogen and oxygen atoms in total. The van der Waals surface area contributed by atoms with Gasteiger partial charge in [-0.3, -0.25) is 14.4 Å². The van der Waals surface area contributed by atoms with E-state index in [2.05, 4.69) is 57.5 Å². The number of likely N-dealkylation sites (N-methyl/N-ethyl adjacent to an activating group) is 1. The molecule has 6 heteroatoms. The molecule has 0 bridgehead atoms. The molecular formula is C23H27BrN4O. The molecule has 0 aliphatic carbocycles. The maximum absolute atomic E-state index is 12.4. The monoisotopic (exact) mass is 454 g/mol. The van der Waals surface area contributed by atoms with Crippen LogP contribution in [-0.4, -0.2) is 34.2 Å². The molecular weight excluding hydrogens is 428 g/mol. The smallest absolute Gasteiger partial charge is 0.234 e. The van der Waals surface area contributed by atoms with Gasteiger partial charge in [0, 0.05) is 28.8 Å². The van der Waals surface area contributed by atoms with Gasteiger partial charge in [-0.05, 0) is 44.2 Å². The standard InChI is InChI=1S/C23H27BrN4O/c1-17-22(18(2)28(26-17)15-19-7-5-4-6-8-19)13-25-23(29)16-27(3)14-20-9-11-21(24)12-10-20/h4-12H,13-16H2,1-3H3,(H,25,29). The zero-order valence-electron chi connectivity index (χ0n) is 17.2. The maximum Gasteiger partial charge on any atom is 0.234 e. The number of carbonyl (C=O) groups is 1. The van der Waals surface area contributed by atoms with Crippen molar-refractivity contribution < 1.29 is 4.79 Å². The van der Waals surface area contributed by atoms with Crippen LogP contribution in [0.5, 0.6) is 0 Å². The molecule has 1 heterocycles. The van der Waals surface area contributed by atoms with E-state index in [0.29, 0.717) is 13.1 Å². The molecule has 0 aliphatic rings. The predicted octanol–water partition coefficient (Wildman–Crippen LogP) is 4.06. The highest BCUT2D eigenvalue weighted by Crippen LogP contribution is 2.15. The van der Waals surface area contributed by atoms with E-state index in [0.717, 1.165) is 34.5 Å². The van der Waals surface area contributed by atoms with Crippen molar-refractivity contribution in [3.8, 4) is 0 Å². The van der Waals surface area contributed by atoms with Crippen molar-refractivity contribution in [2.45, 2.75) is 33.5 Å². The summed E-state index contributed by atoms with van der Waals surface area (Å²) in [6.45, 7) is 6.37. The van der Waals surface area contributed by atoms with E-state index in [-0.39, 0.29) is 5.91 Å². The Morgan fingerprint density at radius 2 is 1.76 bits per heavy atom. The van der Waals surface area contributed by atoms with Gasteiger partial charge in [-0.25, -0.2) is 0 Å². The van der Waals surface area contributed by atoms with Crippen molar-refractivity contribution in [2.75, 3.05) is 13.6 Å². The predicted molar refractivity (Wildman–Crippen MR) is 120 cm³/mol. The van der Waals surface area contributed by atoms with Crippen LogP contribution in [0.3, 0.4) is 0 Å². The van der Waals surface area contributed by atoms with Gasteiger partial charge in [0.05, 0.1) is 18.8 Å². The minimum atomic E-state index is 0.0132. The fourth-order valence-electron chi connectivity index (χ4n) is 3.35. The van der Waals surface area contributed by atoms with Gasteiger partial charge in [0.25, 0.3) is 0 Å². The second kappa shape index (κ2) is 9.85. The lowest BCUT2D eigenvalue weighted by atomic mass is 10.2. The van der Waals surface area contributed by atoms with Crippen LogP contribution in [0.4, 0.5) is 0 Å². The first-order chi connectivity index (χ1) is 13.9. The third-order valence-corrected chi connectivity index (χ3v) is 5.48. The van der Waals surface area contributed by atoms with Crippen LogP contribution in [0.25, 0.3) is 0 Å². The average Bonchev–Trinajstić information content (AvgIpc) is 2.95. The zero-order chi connectivity index (χ0) is 20.8. The summed E-state index contributed by atoms with van der Waals surface area (Å²) in [6, 6.07) is 18.4. The third-order valence-electron chi connectivity index (χ3n) is 4.95. The van der Waals surface area contributed by atoms with E-state index < -0.39 is 0 Å². The van der Waals surface area contributed by atoms with Crippen molar-refractivity contribution in [1.82, 2.24) is 20.0 Å². The Hall–Kier alpha value is -2.44.